The number of ketones is 2. The number of hydrogen-bond donors (Lipinski definition) is 0. The van der Waals surface area contributed by atoms with Crippen LogP contribution >= 0.6 is 0 Å². The number of hydrogen-bond acceptors (Lipinski definition) is 9. The van der Waals surface area contributed by atoms with Crippen LogP contribution < -0.4 is 9.47 Å². The Kier molecular flexibility index (Phi) is 11.5. The number of Topliss-reactive ketones (excluding diaryl/α,β-unsaturated/α-hetero) is 2. The molecule has 0 radical (unpaired) electrons. The fraction of sp³-hybridized carbons (Fsp3) is 0.568. The van der Waals surface area contributed by atoms with Crippen molar-refractivity contribution in [3.8, 4) is 11.8 Å². The fourth-order valence-corrected chi connectivity index (χ4v) is 6.27. The Morgan fingerprint density at radius 1 is 0.957 bits per heavy atom. The van der Waals surface area contributed by atoms with Gasteiger partial charge in [0.15, 0.2) is 0 Å². The first kappa shape index (κ1) is 33.6. The summed E-state index contributed by atoms with van der Waals surface area (Å²) in [6.07, 6.45) is 11.9. The molecule has 1 saturated carbocycles. The molecule has 2 aromatic heterocycles. The summed E-state index contributed by atoms with van der Waals surface area (Å²) in [5.74, 6) is 2.50. The summed E-state index contributed by atoms with van der Waals surface area (Å²) in [4.78, 5) is 44.3. The fourth-order valence-electron chi connectivity index (χ4n) is 6.27. The molecule has 0 spiro atoms. The van der Waals surface area contributed by atoms with Crippen LogP contribution in [0.5, 0.6) is 11.8 Å². The minimum atomic E-state index is -0.320. The zero-order valence-corrected chi connectivity index (χ0v) is 27.7. The Bertz CT molecular complexity index is 1430. The van der Waals surface area contributed by atoms with Crippen molar-refractivity contribution in [3.05, 3.63) is 71.6 Å². The number of rotatable bonds is 15. The number of aromatic nitrogens is 4. The molecule has 9 heteroatoms. The lowest BCUT2D eigenvalue weighted by atomic mass is 9.72. The molecule has 3 aromatic rings. The molecule has 5 rings (SSSR count). The Hall–Kier alpha value is -3.72. The van der Waals surface area contributed by atoms with Crippen molar-refractivity contribution >= 4 is 11.6 Å². The van der Waals surface area contributed by atoms with E-state index in [0.717, 1.165) is 49.1 Å². The minimum absolute atomic E-state index is 0.0460. The van der Waals surface area contributed by atoms with E-state index in [1.807, 2.05) is 31.3 Å². The average Bonchev–Trinajstić information content (AvgIpc) is 3.03. The van der Waals surface area contributed by atoms with Gasteiger partial charge in [0.25, 0.3) is 0 Å². The SMILES string of the molecule is CCC(=O)CCOc1cnc(C(C(=O)CCc2ccccc2)C2CCC(Cc3ncc(C(C)(C)C)c(OC4COC4)n3)CC2)cn1. The maximum atomic E-state index is 13.8. The third-order valence-corrected chi connectivity index (χ3v) is 9.17. The van der Waals surface area contributed by atoms with Gasteiger partial charge in [0.2, 0.25) is 11.8 Å². The van der Waals surface area contributed by atoms with E-state index in [-0.39, 0.29) is 41.5 Å². The predicted octanol–water partition coefficient (Wildman–Crippen LogP) is 6.42. The molecule has 1 aliphatic heterocycles. The number of carbonyl (C=O) groups is 2. The van der Waals surface area contributed by atoms with Crippen LogP contribution in [0.15, 0.2) is 48.9 Å². The van der Waals surface area contributed by atoms with E-state index in [1.165, 1.54) is 0 Å². The Morgan fingerprint density at radius 3 is 2.35 bits per heavy atom. The van der Waals surface area contributed by atoms with E-state index in [2.05, 4.69) is 42.9 Å². The van der Waals surface area contributed by atoms with Crippen molar-refractivity contribution in [1.82, 2.24) is 19.9 Å². The summed E-state index contributed by atoms with van der Waals surface area (Å²) in [5, 5.41) is 0. The molecule has 3 heterocycles. The molecule has 2 fully saturated rings. The first-order valence-electron chi connectivity index (χ1n) is 16.8. The highest BCUT2D eigenvalue weighted by Crippen LogP contribution is 2.40. The third kappa shape index (κ3) is 9.18. The van der Waals surface area contributed by atoms with Crippen LogP contribution in [0.3, 0.4) is 0 Å². The normalized spacial score (nSPS) is 19.2. The lowest BCUT2D eigenvalue weighted by Gasteiger charge is -2.33. The highest BCUT2D eigenvalue weighted by Gasteiger charge is 2.35. The summed E-state index contributed by atoms with van der Waals surface area (Å²) in [6.45, 7) is 9.75. The van der Waals surface area contributed by atoms with E-state index < -0.39 is 0 Å². The van der Waals surface area contributed by atoms with Gasteiger partial charge in [-0.05, 0) is 54.9 Å². The third-order valence-electron chi connectivity index (χ3n) is 9.17. The van der Waals surface area contributed by atoms with Gasteiger partial charge in [-0.3, -0.25) is 14.6 Å². The van der Waals surface area contributed by atoms with Crippen LogP contribution in [0.4, 0.5) is 0 Å². The van der Waals surface area contributed by atoms with Gasteiger partial charge in [0.1, 0.15) is 23.5 Å². The topological polar surface area (TPSA) is 113 Å². The molecule has 0 amide bonds. The van der Waals surface area contributed by atoms with E-state index >= 15 is 0 Å². The van der Waals surface area contributed by atoms with Gasteiger partial charge in [-0.25, -0.2) is 9.97 Å². The number of ether oxygens (including phenoxy) is 3. The standard InChI is InChI=1S/C37H48N4O5/c1-5-28(42)17-18-45-34-22-38-31(21-40-34)35(32(43)16-13-25-9-7-6-8-10-25)27-14-11-26(12-15-27)19-33-39-20-30(37(2,3)4)36(41-33)46-29-23-44-24-29/h6-10,20-22,26-27,29,35H,5,11-19,23-24H2,1-4H3. The molecule has 1 aromatic carbocycles. The number of aryl methyl sites for hydroxylation is 1. The van der Waals surface area contributed by atoms with E-state index in [0.29, 0.717) is 62.3 Å². The van der Waals surface area contributed by atoms with Gasteiger partial charge in [-0.2, -0.15) is 4.98 Å². The van der Waals surface area contributed by atoms with Gasteiger partial charge in [0, 0.05) is 37.4 Å². The summed E-state index contributed by atoms with van der Waals surface area (Å²) in [6, 6.07) is 10.1. The first-order valence-corrected chi connectivity index (χ1v) is 16.8. The molecule has 1 unspecified atom stereocenters. The van der Waals surface area contributed by atoms with Crippen molar-refractivity contribution in [3.63, 3.8) is 0 Å². The van der Waals surface area contributed by atoms with Crippen LogP contribution in [0.1, 0.15) is 101 Å². The van der Waals surface area contributed by atoms with Crippen molar-refractivity contribution in [2.24, 2.45) is 11.8 Å². The second-order valence-electron chi connectivity index (χ2n) is 13.7. The molecule has 46 heavy (non-hydrogen) atoms. The van der Waals surface area contributed by atoms with E-state index in [1.54, 1.807) is 12.4 Å². The summed E-state index contributed by atoms with van der Waals surface area (Å²) in [7, 11) is 0. The highest BCUT2D eigenvalue weighted by atomic mass is 16.6. The summed E-state index contributed by atoms with van der Waals surface area (Å²) >= 11 is 0. The highest BCUT2D eigenvalue weighted by molar-refractivity contribution is 5.85. The predicted molar refractivity (Wildman–Crippen MR) is 175 cm³/mol. The van der Waals surface area contributed by atoms with Crippen LogP contribution in [-0.2, 0) is 32.6 Å². The van der Waals surface area contributed by atoms with Crippen molar-refractivity contribution in [2.45, 2.75) is 103 Å². The van der Waals surface area contributed by atoms with Gasteiger partial charge >= 0.3 is 0 Å². The van der Waals surface area contributed by atoms with Crippen LogP contribution in [0, 0.1) is 11.8 Å². The second-order valence-corrected chi connectivity index (χ2v) is 13.7. The molecule has 2 aliphatic rings. The zero-order valence-electron chi connectivity index (χ0n) is 27.7. The minimum Gasteiger partial charge on any atom is -0.476 e. The van der Waals surface area contributed by atoms with Gasteiger partial charge in [0.05, 0.1) is 43.8 Å². The zero-order chi connectivity index (χ0) is 32.5. The van der Waals surface area contributed by atoms with Crippen molar-refractivity contribution < 1.29 is 23.8 Å². The number of benzene rings is 1. The average molecular weight is 629 g/mol. The van der Waals surface area contributed by atoms with E-state index in [4.69, 9.17) is 24.2 Å². The maximum Gasteiger partial charge on any atom is 0.232 e. The maximum absolute atomic E-state index is 13.8. The summed E-state index contributed by atoms with van der Waals surface area (Å²) in [5.41, 5.74) is 2.73. The Morgan fingerprint density at radius 2 is 1.72 bits per heavy atom. The molecule has 1 atom stereocenters. The summed E-state index contributed by atoms with van der Waals surface area (Å²) < 4.78 is 17.2. The lowest BCUT2D eigenvalue weighted by molar-refractivity contribution is -0.122. The first-order chi connectivity index (χ1) is 22.2. The second kappa shape index (κ2) is 15.7. The van der Waals surface area contributed by atoms with Crippen LogP contribution in [0.25, 0.3) is 0 Å². The van der Waals surface area contributed by atoms with Gasteiger partial charge in [-0.15, -0.1) is 0 Å². The van der Waals surface area contributed by atoms with E-state index in [9.17, 15) is 9.59 Å². The smallest absolute Gasteiger partial charge is 0.232 e. The number of carbonyl (C=O) groups excluding carboxylic acids is 2. The van der Waals surface area contributed by atoms with Crippen molar-refractivity contribution in [1.29, 1.82) is 0 Å². The molecule has 0 N–H and O–H groups in total. The molecule has 246 valence electrons. The molecular formula is C37H48N4O5. The molecule has 1 saturated heterocycles. The Balaban J connectivity index is 1.24. The largest absolute Gasteiger partial charge is 0.476 e. The van der Waals surface area contributed by atoms with Crippen LogP contribution in [0.2, 0.25) is 0 Å². The van der Waals surface area contributed by atoms with Crippen molar-refractivity contribution in [2.75, 3.05) is 19.8 Å². The molecule has 1 aliphatic carbocycles. The molecular weight excluding hydrogens is 580 g/mol. The van der Waals surface area contributed by atoms with Gasteiger partial charge in [-0.1, -0.05) is 58.0 Å². The lowest BCUT2D eigenvalue weighted by Crippen LogP contribution is -2.39. The monoisotopic (exact) mass is 628 g/mol. The Labute approximate surface area is 272 Å². The van der Waals surface area contributed by atoms with Gasteiger partial charge < -0.3 is 14.2 Å². The molecule has 9 nitrogen and oxygen atoms in total. The number of nitrogens with zero attached hydrogens (tertiary/aromatic N) is 4. The molecule has 0 bridgehead atoms. The van der Waals surface area contributed by atoms with Crippen LogP contribution in [-0.4, -0.2) is 57.4 Å². The quantitative estimate of drug-likeness (QED) is 0.188.